The molecule has 1 rings (SSSR count). The lowest BCUT2D eigenvalue weighted by atomic mass is 10.0. The lowest BCUT2D eigenvalue weighted by molar-refractivity contribution is -0.114. The van der Waals surface area contributed by atoms with Gasteiger partial charge in [0.1, 0.15) is 5.75 Å². The Morgan fingerprint density at radius 2 is 2.18 bits per heavy atom. The average molecular weight is 236 g/mol. The largest absolute Gasteiger partial charge is 0.497 e. The van der Waals surface area contributed by atoms with E-state index < -0.39 is 0 Å². The number of amides is 1. The highest BCUT2D eigenvalue weighted by Gasteiger charge is 2.08. The molecule has 0 saturated carbocycles. The molecule has 1 atom stereocenters. The third-order valence-corrected chi connectivity index (χ3v) is 2.65. The van der Waals surface area contributed by atoms with Gasteiger partial charge < -0.3 is 15.4 Å². The second kappa shape index (κ2) is 6.25. The molecule has 1 aromatic carbocycles. The van der Waals surface area contributed by atoms with Gasteiger partial charge in [0.05, 0.1) is 7.11 Å². The molecule has 0 saturated heterocycles. The first-order chi connectivity index (χ1) is 8.06. The molecule has 2 N–H and O–H groups in total. The summed E-state index contributed by atoms with van der Waals surface area (Å²) in [7, 11) is 3.54. The molecule has 17 heavy (non-hydrogen) atoms. The first-order valence-corrected chi connectivity index (χ1v) is 5.68. The van der Waals surface area contributed by atoms with E-state index in [2.05, 4.69) is 17.6 Å². The summed E-state index contributed by atoms with van der Waals surface area (Å²) in [6.45, 7) is 3.60. The van der Waals surface area contributed by atoms with Gasteiger partial charge in [0.2, 0.25) is 5.91 Å². The number of benzene rings is 1. The van der Waals surface area contributed by atoms with Crippen LogP contribution >= 0.6 is 0 Å². The van der Waals surface area contributed by atoms with Gasteiger partial charge in [-0.15, -0.1) is 0 Å². The minimum atomic E-state index is -0.0726. The van der Waals surface area contributed by atoms with Crippen molar-refractivity contribution in [2.45, 2.75) is 26.3 Å². The number of hydrogen-bond acceptors (Lipinski definition) is 3. The molecule has 0 aliphatic heterocycles. The minimum absolute atomic E-state index is 0.0726. The molecule has 0 radical (unpaired) electrons. The van der Waals surface area contributed by atoms with Crippen molar-refractivity contribution in [2.75, 3.05) is 19.5 Å². The van der Waals surface area contributed by atoms with Gasteiger partial charge in [-0.05, 0) is 32.0 Å². The van der Waals surface area contributed by atoms with Gasteiger partial charge in [0.25, 0.3) is 0 Å². The Kier molecular flexibility index (Phi) is 4.97. The summed E-state index contributed by atoms with van der Waals surface area (Å²) >= 11 is 0. The number of hydrogen-bond donors (Lipinski definition) is 2. The van der Waals surface area contributed by atoms with Gasteiger partial charge in [0.15, 0.2) is 0 Å². The maximum absolute atomic E-state index is 11.2. The maximum Gasteiger partial charge on any atom is 0.221 e. The highest BCUT2D eigenvalue weighted by atomic mass is 16.5. The lowest BCUT2D eigenvalue weighted by Crippen LogP contribution is -2.24. The van der Waals surface area contributed by atoms with E-state index in [0.29, 0.717) is 6.04 Å². The van der Waals surface area contributed by atoms with E-state index in [1.807, 2.05) is 25.2 Å². The molecule has 4 heteroatoms. The van der Waals surface area contributed by atoms with Crippen LogP contribution < -0.4 is 15.4 Å². The molecule has 1 amide bonds. The first kappa shape index (κ1) is 13.5. The molecule has 0 fully saturated rings. The van der Waals surface area contributed by atoms with E-state index in [9.17, 15) is 4.79 Å². The second-order valence-corrected chi connectivity index (χ2v) is 4.10. The summed E-state index contributed by atoms with van der Waals surface area (Å²) in [6.07, 6.45) is 0.857. The topological polar surface area (TPSA) is 50.4 Å². The van der Waals surface area contributed by atoms with Crippen LogP contribution in [-0.4, -0.2) is 26.1 Å². The van der Waals surface area contributed by atoms with Crippen LogP contribution in [0.4, 0.5) is 5.69 Å². The molecule has 0 bridgehead atoms. The van der Waals surface area contributed by atoms with Crippen LogP contribution in [0.25, 0.3) is 0 Å². The fourth-order valence-corrected chi connectivity index (χ4v) is 1.60. The Bertz CT molecular complexity index is 391. The molecule has 0 heterocycles. The maximum atomic E-state index is 11.2. The Morgan fingerprint density at radius 1 is 1.47 bits per heavy atom. The first-order valence-electron chi connectivity index (χ1n) is 5.68. The molecule has 4 nitrogen and oxygen atoms in total. The van der Waals surface area contributed by atoms with Gasteiger partial charge in [-0.1, -0.05) is 6.07 Å². The SMILES string of the molecule is CNC(C)Cc1ccc(OC)cc1NC(C)=O. The van der Waals surface area contributed by atoms with Gasteiger partial charge >= 0.3 is 0 Å². The van der Waals surface area contributed by atoms with Crippen molar-refractivity contribution in [3.8, 4) is 5.75 Å². The highest BCUT2D eigenvalue weighted by molar-refractivity contribution is 5.89. The molecule has 94 valence electrons. The van der Waals surface area contributed by atoms with Crippen LogP contribution in [0.3, 0.4) is 0 Å². The fourth-order valence-electron chi connectivity index (χ4n) is 1.60. The summed E-state index contributed by atoms with van der Waals surface area (Å²) in [4.78, 5) is 11.2. The molecule has 0 spiro atoms. The monoisotopic (exact) mass is 236 g/mol. The predicted octanol–water partition coefficient (Wildman–Crippen LogP) is 1.80. The van der Waals surface area contributed by atoms with E-state index in [4.69, 9.17) is 4.74 Å². The Balaban J connectivity index is 2.97. The molecular weight excluding hydrogens is 216 g/mol. The van der Waals surface area contributed by atoms with E-state index in [1.54, 1.807) is 7.11 Å². The zero-order chi connectivity index (χ0) is 12.8. The van der Waals surface area contributed by atoms with Crippen LogP contribution in [0.2, 0.25) is 0 Å². The van der Waals surface area contributed by atoms with Crippen molar-refractivity contribution < 1.29 is 9.53 Å². The summed E-state index contributed by atoms with van der Waals surface area (Å²) < 4.78 is 5.16. The Labute approximate surface area is 102 Å². The van der Waals surface area contributed by atoms with Crippen molar-refractivity contribution >= 4 is 11.6 Å². The second-order valence-electron chi connectivity index (χ2n) is 4.10. The van der Waals surface area contributed by atoms with Crippen LogP contribution in [-0.2, 0) is 11.2 Å². The molecule has 1 aromatic rings. The average Bonchev–Trinajstić information content (AvgIpc) is 2.30. The normalized spacial score (nSPS) is 12.0. The zero-order valence-electron chi connectivity index (χ0n) is 10.8. The highest BCUT2D eigenvalue weighted by Crippen LogP contribution is 2.23. The third kappa shape index (κ3) is 4.07. The van der Waals surface area contributed by atoms with Gasteiger partial charge in [-0.3, -0.25) is 4.79 Å². The summed E-state index contributed by atoms with van der Waals surface area (Å²) in [5, 5.41) is 6.01. The molecule has 1 unspecified atom stereocenters. The Morgan fingerprint density at radius 3 is 2.71 bits per heavy atom. The van der Waals surface area contributed by atoms with E-state index in [-0.39, 0.29) is 5.91 Å². The van der Waals surface area contributed by atoms with Crippen LogP contribution in [0.1, 0.15) is 19.4 Å². The van der Waals surface area contributed by atoms with Crippen LogP contribution in [0.5, 0.6) is 5.75 Å². The van der Waals surface area contributed by atoms with E-state index >= 15 is 0 Å². The van der Waals surface area contributed by atoms with E-state index in [0.717, 1.165) is 23.4 Å². The summed E-state index contributed by atoms with van der Waals surface area (Å²) in [5.41, 5.74) is 1.92. The van der Waals surface area contributed by atoms with Crippen molar-refractivity contribution in [3.63, 3.8) is 0 Å². The molecule has 0 aliphatic carbocycles. The fraction of sp³-hybridized carbons (Fsp3) is 0.462. The summed E-state index contributed by atoms with van der Waals surface area (Å²) in [5.74, 6) is 0.672. The third-order valence-electron chi connectivity index (χ3n) is 2.65. The van der Waals surface area contributed by atoms with Crippen molar-refractivity contribution in [1.82, 2.24) is 5.32 Å². The van der Waals surface area contributed by atoms with E-state index in [1.165, 1.54) is 6.92 Å². The minimum Gasteiger partial charge on any atom is -0.497 e. The molecule has 0 aromatic heterocycles. The number of methoxy groups -OCH3 is 1. The van der Waals surface area contributed by atoms with Gasteiger partial charge in [0, 0.05) is 24.7 Å². The number of carbonyl (C=O) groups excluding carboxylic acids is 1. The number of rotatable bonds is 5. The van der Waals surface area contributed by atoms with Gasteiger partial charge in [-0.2, -0.15) is 0 Å². The van der Waals surface area contributed by atoms with Crippen LogP contribution in [0.15, 0.2) is 18.2 Å². The standard InChI is InChI=1S/C13H20N2O2/c1-9(14-3)7-11-5-6-12(17-4)8-13(11)15-10(2)16/h5-6,8-9,14H,7H2,1-4H3,(H,15,16). The molecule has 0 aliphatic rings. The van der Waals surface area contributed by atoms with Crippen molar-refractivity contribution in [3.05, 3.63) is 23.8 Å². The van der Waals surface area contributed by atoms with Gasteiger partial charge in [-0.25, -0.2) is 0 Å². The van der Waals surface area contributed by atoms with Crippen LogP contribution in [0, 0.1) is 0 Å². The lowest BCUT2D eigenvalue weighted by Gasteiger charge is -2.15. The smallest absolute Gasteiger partial charge is 0.221 e. The van der Waals surface area contributed by atoms with Crippen molar-refractivity contribution in [1.29, 1.82) is 0 Å². The predicted molar refractivity (Wildman–Crippen MR) is 69.5 cm³/mol. The number of anilines is 1. The zero-order valence-corrected chi connectivity index (χ0v) is 10.8. The number of ether oxygens (including phenoxy) is 1. The molecular formula is C13H20N2O2. The Hall–Kier alpha value is -1.55. The number of likely N-dealkylation sites (N-methyl/N-ethyl adjacent to an activating group) is 1. The number of carbonyl (C=O) groups is 1. The number of nitrogens with one attached hydrogen (secondary N) is 2. The quantitative estimate of drug-likeness (QED) is 0.819. The van der Waals surface area contributed by atoms with Crippen molar-refractivity contribution in [2.24, 2.45) is 0 Å². The summed E-state index contributed by atoms with van der Waals surface area (Å²) in [6, 6.07) is 6.09.